The standard InChI is InChI=1S/C23H24N2O4/c1-15-5-6-16(2)18(11-15)14-25-13-17(7-10-22(25)26)23(27)24-20-9-8-19(28-3)12-21(20)29-4/h5-13H,14H2,1-4H3,(H,24,27). The lowest BCUT2D eigenvalue weighted by Crippen LogP contribution is -2.23. The topological polar surface area (TPSA) is 69.6 Å². The van der Waals surface area contributed by atoms with Gasteiger partial charge in [-0.25, -0.2) is 0 Å². The van der Waals surface area contributed by atoms with Crippen molar-refractivity contribution in [2.24, 2.45) is 0 Å². The molecular weight excluding hydrogens is 368 g/mol. The zero-order valence-corrected chi connectivity index (χ0v) is 17.0. The molecule has 0 aliphatic heterocycles. The Kier molecular flexibility index (Phi) is 6.02. The minimum absolute atomic E-state index is 0.163. The molecule has 3 rings (SSSR count). The number of nitrogens with one attached hydrogen (secondary N) is 1. The SMILES string of the molecule is COc1ccc(NC(=O)c2ccc(=O)n(Cc3cc(C)ccc3C)c2)c(OC)c1. The summed E-state index contributed by atoms with van der Waals surface area (Å²) >= 11 is 0. The summed E-state index contributed by atoms with van der Waals surface area (Å²) in [6.45, 7) is 4.42. The molecule has 6 nitrogen and oxygen atoms in total. The van der Waals surface area contributed by atoms with Gasteiger partial charge in [0.25, 0.3) is 11.5 Å². The minimum atomic E-state index is -0.330. The summed E-state index contributed by atoms with van der Waals surface area (Å²) in [7, 11) is 3.08. The van der Waals surface area contributed by atoms with Crippen molar-refractivity contribution in [1.29, 1.82) is 0 Å². The zero-order chi connectivity index (χ0) is 21.0. The largest absolute Gasteiger partial charge is 0.497 e. The molecule has 1 amide bonds. The molecule has 1 heterocycles. The van der Waals surface area contributed by atoms with E-state index in [1.54, 1.807) is 36.1 Å². The van der Waals surface area contributed by atoms with Gasteiger partial charge in [0.1, 0.15) is 11.5 Å². The lowest BCUT2D eigenvalue weighted by Gasteiger charge is -2.13. The third-order valence-corrected chi connectivity index (χ3v) is 4.75. The smallest absolute Gasteiger partial charge is 0.257 e. The Labute approximate surface area is 169 Å². The highest BCUT2D eigenvalue weighted by Crippen LogP contribution is 2.29. The molecule has 2 aromatic carbocycles. The first-order valence-electron chi connectivity index (χ1n) is 9.21. The molecule has 0 radical (unpaired) electrons. The van der Waals surface area contributed by atoms with E-state index in [4.69, 9.17) is 9.47 Å². The Hall–Kier alpha value is -3.54. The van der Waals surface area contributed by atoms with Crippen LogP contribution in [0, 0.1) is 13.8 Å². The highest BCUT2D eigenvalue weighted by molar-refractivity contribution is 6.04. The Morgan fingerprint density at radius 3 is 2.52 bits per heavy atom. The average molecular weight is 392 g/mol. The fourth-order valence-electron chi connectivity index (χ4n) is 3.04. The highest BCUT2D eigenvalue weighted by atomic mass is 16.5. The number of aromatic nitrogens is 1. The van der Waals surface area contributed by atoms with Crippen LogP contribution in [0.3, 0.4) is 0 Å². The number of amides is 1. The van der Waals surface area contributed by atoms with Crippen molar-refractivity contribution in [3.63, 3.8) is 0 Å². The number of hydrogen-bond acceptors (Lipinski definition) is 4. The van der Waals surface area contributed by atoms with Crippen molar-refractivity contribution in [1.82, 2.24) is 4.57 Å². The van der Waals surface area contributed by atoms with Crippen LogP contribution in [0.5, 0.6) is 11.5 Å². The monoisotopic (exact) mass is 392 g/mol. The Bertz CT molecular complexity index is 1100. The van der Waals surface area contributed by atoms with Crippen molar-refractivity contribution < 1.29 is 14.3 Å². The molecule has 6 heteroatoms. The number of nitrogens with zero attached hydrogens (tertiary/aromatic N) is 1. The highest BCUT2D eigenvalue weighted by Gasteiger charge is 2.13. The van der Waals surface area contributed by atoms with Crippen molar-refractivity contribution in [2.45, 2.75) is 20.4 Å². The summed E-state index contributed by atoms with van der Waals surface area (Å²) in [5, 5.41) is 2.83. The minimum Gasteiger partial charge on any atom is -0.497 e. The fraction of sp³-hybridized carbons (Fsp3) is 0.217. The summed E-state index contributed by atoms with van der Waals surface area (Å²) in [6, 6.07) is 14.2. The van der Waals surface area contributed by atoms with Crippen LogP contribution in [0.15, 0.2) is 59.5 Å². The summed E-state index contributed by atoms with van der Waals surface area (Å²) in [4.78, 5) is 25.1. The van der Waals surface area contributed by atoms with E-state index >= 15 is 0 Å². The summed E-state index contributed by atoms with van der Waals surface area (Å²) in [6.07, 6.45) is 1.58. The number of benzene rings is 2. The van der Waals surface area contributed by atoms with Gasteiger partial charge in [-0.1, -0.05) is 23.8 Å². The first kappa shape index (κ1) is 20.2. The number of rotatable bonds is 6. The number of hydrogen-bond donors (Lipinski definition) is 1. The van der Waals surface area contributed by atoms with Gasteiger partial charge in [0.05, 0.1) is 32.0 Å². The number of methoxy groups -OCH3 is 2. The predicted octanol–water partition coefficient (Wildman–Crippen LogP) is 3.78. The van der Waals surface area contributed by atoms with E-state index in [0.29, 0.717) is 29.3 Å². The molecule has 29 heavy (non-hydrogen) atoms. The lowest BCUT2D eigenvalue weighted by atomic mass is 10.1. The van der Waals surface area contributed by atoms with E-state index in [1.807, 2.05) is 26.0 Å². The van der Waals surface area contributed by atoms with E-state index < -0.39 is 0 Å². The zero-order valence-electron chi connectivity index (χ0n) is 17.0. The molecule has 0 fully saturated rings. The van der Waals surface area contributed by atoms with Gasteiger partial charge < -0.3 is 19.4 Å². The predicted molar refractivity (Wildman–Crippen MR) is 113 cm³/mol. The van der Waals surface area contributed by atoms with Gasteiger partial charge in [0.15, 0.2) is 0 Å². The number of carbonyl (C=O) groups is 1. The Balaban J connectivity index is 1.86. The maximum Gasteiger partial charge on any atom is 0.257 e. The normalized spacial score (nSPS) is 10.5. The van der Waals surface area contributed by atoms with E-state index in [-0.39, 0.29) is 11.5 Å². The van der Waals surface area contributed by atoms with Gasteiger partial charge in [0.2, 0.25) is 0 Å². The molecule has 150 valence electrons. The Morgan fingerprint density at radius 2 is 1.79 bits per heavy atom. The molecular formula is C23H24N2O4. The second-order valence-corrected chi connectivity index (χ2v) is 6.83. The van der Waals surface area contributed by atoms with Gasteiger partial charge >= 0.3 is 0 Å². The van der Waals surface area contributed by atoms with Gasteiger partial charge in [-0.3, -0.25) is 9.59 Å². The lowest BCUT2D eigenvalue weighted by molar-refractivity contribution is 0.102. The van der Waals surface area contributed by atoms with Crippen LogP contribution >= 0.6 is 0 Å². The number of anilines is 1. The van der Waals surface area contributed by atoms with Crippen molar-refractivity contribution in [3.05, 3.63) is 87.3 Å². The molecule has 1 N–H and O–H groups in total. The maximum absolute atomic E-state index is 12.8. The molecule has 0 unspecified atom stereocenters. The van der Waals surface area contributed by atoms with Gasteiger partial charge in [-0.05, 0) is 43.2 Å². The molecule has 0 bridgehead atoms. The van der Waals surface area contributed by atoms with Crippen LogP contribution in [0.25, 0.3) is 0 Å². The third-order valence-electron chi connectivity index (χ3n) is 4.75. The van der Waals surface area contributed by atoms with Crippen molar-refractivity contribution in [3.8, 4) is 11.5 Å². The summed E-state index contributed by atoms with van der Waals surface area (Å²) < 4.78 is 12.0. The molecule has 3 aromatic rings. The molecule has 0 spiro atoms. The molecule has 0 saturated heterocycles. The molecule has 0 aliphatic carbocycles. The molecule has 0 saturated carbocycles. The Morgan fingerprint density at radius 1 is 1.00 bits per heavy atom. The van der Waals surface area contributed by atoms with Crippen LogP contribution in [-0.2, 0) is 6.54 Å². The van der Waals surface area contributed by atoms with Crippen LogP contribution < -0.4 is 20.3 Å². The van der Waals surface area contributed by atoms with E-state index in [9.17, 15) is 9.59 Å². The summed E-state index contributed by atoms with van der Waals surface area (Å²) in [5.74, 6) is 0.784. The van der Waals surface area contributed by atoms with Crippen LogP contribution in [0.1, 0.15) is 27.0 Å². The maximum atomic E-state index is 12.8. The average Bonchev–Trinajstić information content (AvgIpc) is 2.72. The van der Waals surface area contributed by atoms with E-state index in [2.05, 4.69) is 11.4 Å². The second kappa shape index (κ2) is 8.65. The van der Waals surface area contributed by atoms with Gasteiger partial charge in [0, 0.05) is 18.3 Å². The molecule has 1 aromatic heterocycles. The van der Waals surface area contributed by atoms with E-state index in [0.717, 1.165) is 16.7 Å². The van der Waals surface area contributed by atoms with Gasteiger partial charge in [-0.2, -0.15) is 0 Å². The first-order valence-corrected chi connectivity index (χ1v) is 9.21. The first-order chi connectivity index (χ1) is 13.9. The van der Waals surface area contributed by atoms with Gasteiger partial charge in [-0.15, -0.1) is 0 Å². The molecule has 0 aliphatic rings. The third kappa shape index (κ3) is 4.66. The van der Waals surface area contributed by atoms with Crippen LogP contribution in [-0.4, -0.2) is 24.7 Å². The van der Waals surface area contributed by atoms with Crippen LogP contribution in [0.4, 0.5) is 5.69 Å². The number of pyridine rings is 1. The number of ether oxygens (including phenoxy) is 2. The number of carbonyl (C=O) groups excluding carboxylic acids is 1. The van der Waals surface area contributed by atoms with Crippen molar-refractivity contribution >= 4 is 11.6 Å². The van der Waals surface area contributed by atoms with Crippen molar-refractivity contribution in [2.75, 3.05) is 19.5 Å². The number of aryl methyl sites for hydroxylation is 2. The van der Waals surface area contributed by atoms with E-state index in [1.165, 1.54) is 19.2 Å². The molecule has 0 atom stereocenters. The summed E-state index contributed by atoms with van der Waals surface area (Å²) in [5.41, 5.74) is 4.00. The fourth-order valence-corrected chi connectivity index (χ4v) is 3.04. The van der Waals surface area contributed by atoms with Crippen LogP contribution in [0.2, 0.25) is 0 Å². The second-order valence-electron chi connectivity index (χ2n) is 6.83. The quantitative estimate of drug-likeness (QED) is 0.693.